The Labute approximate surface area is 118 Å². The first-order chi connectivity index (χ1) is 9.39. The van der Waals surface area contributed by atoms with Crippen molar-refractivity contribution in [2.24, 2.45) is 5.92 Å². The van der Waals surface area contributed by atoms with E-state index in [0.29, 0.717) is 32.4 Å². The van der Waals surface area contributed by atoms with Crippen LogP contribution < -0.4 is 0 Å². The summed E-state index contributed by atoms with van der Waals surface area (Å²) < 4.78 is 23.1. The predicted molar refractivity (Wildman–Crippen MR) is 72.2 cm³/mol. The molecule has 2 saturated heterocycles. The molecule has 20 heavy (non-hydrogen) atoms. The maximum Gasteiger partial charge on any atom is 0.320 e. The molecule has 8 heteroatoms. The smallest absolute Gasteiger partial charge is 0.320 e. The van der Waals surface area contributed by atoms with Crippen LogP contribution in [0.25, 0.3) is 0 Å². The number of hydrogen-bond acceptors (Lipinski definition) is 4. The molecule has 0 aromatic carbocycles. The summed E-state index contributed by atoms with van der Waals surface area (Å²) >= 11 is 0. The highest BCUT2D eigenvalue weighted by Crippen LogP contribution is 2.18. The molecule has 1 atom stereocenters. The Morgan fingerprint density at radius 2 is 1.70 bits per heavy atom. The fourth-order valence-electron chi connectivity index (χ4n) is 2.68. The Bertz CT molecular complexity index is 490. The van der Waals surface area contributed by atoms with Crippen molar-refractivity contribution >= 4 is 21.8 Å². The molecule has 0 radical (unpaired) electrons. The minimum atomic E-state index is -3.05. The third kappa shape index (κ3) is 3.62. The van der Waals surface area contributed by atoms with Crippen molar-refractivity contribution in [1.82, 2.24) is 9.80 Å². The quantitative estimate of drug-likeness (QED) is 0.737. The van der Waals surface area contributed by atoms with Crippen molar-refractivity contribution < 1.29 is 23.1 Å². The molecule has 0 unspecified atom stereocenters. The van der Waals surface area contributed by atoms with Crippen LogP contribution in [0.3, 0.4) is 0 Å². The zero-order valence-corrected chi connectivity index (χ0v) is 12.1. The summed E-state index contributed by atoms with van der Waals surface area (Å²) in [4.78, 5) is 26.4. The zero-order valence-electron chi connectivity index (χ0n) is 11.3. The van der Waals surface area contributed by atoms with Crippen molar-refractivity contribution in [3.8, 4) is 0 Å². The second-order valence-corrected chi connectivity index (χ2v) is 7.70. The normalized spacial score (nSPS) is 26.9. The van der Waals surface area contributed by atoms with Gasteiger partial charge in [0.05, 0.1) is 17.4 Å². The van der Waals surface area contributed by atoms with E-state index in [1.807, 2.05) is 0 Å². The van der Waals surface area contributed by atoms with Crippen LogP contribution in [0, 0.1) is 5.92 Å². The minimum Gasteiger partial charge on any atom is -0.481 e. The van der Waals surface area contributed by atoms with Crippen LogP contribution in [0.15, 0.2) is 0 Å². The number of carbonyl (C=O) groups is 2. The van der Waals surface area contributed by atoms with E-state index >= 15 is 0 Å². The molecule has 0 bridgehead atoms. The van der Waals surface area contributed by atoms with Gasteiger partial charge in [-0.2, -0.15) is 0 Å². The van der Waals surface area contributed by atoms with Gasteiger partial charge in [-0.1, -0.05) is 0 Å². The lowest BCUT2D eigenvalue weighted by molar-refractivity contribution is -0.143. The number of likely N-dealkylation sites (tertiary alicyclic amines) is 1. The Hall–Kier alpha value is -1.31. The molecule has 7 nitrogen and oxygen atoms in total. The van der Waals surface area contributed by atoms with Crippen LogP contribution in [-0.2, 0) is 14.6 Å². The Kier molecular flexibility index (Phi) is 4.52. The predicted octanol–water partition coefficient (Wildman–Crippen LogP) is 0.0235. The molecule has 2 rings (SSSR count). The number of carboxylic acids is 1. The van der Waals surface area contributed by atoms with Crippen molar-refractivity contribution in [3.63, 3.8) is 0 Å². The van der Waals surface area contributed by atoms with Crippen molar-refractivity contribution in [2.45, 2.75) is 19.3 Å². The summed E-state index contributed by atoms with van der Waals surface area (Å²) in [5.74, 6) is -1.27. The van der Waals surface area contributed by atoms with Crippen molar-refractivity contribution in [2.75, 3.05) is 37.7 Å². The molecule has 114 valence electrons. The van der Waals surface area contributed by atoms with E-state index in [-0.39, 0.29) is 30.6 Å². The van der Waals surface area contributed by atoms with Crippen LogP contribution in [0.1, 0.15) is 19.3 Å². The molecule has 2 fully saturated rings. The highest BCUT2D eigenvalue weighted by molar-refractivity contribution is 7.91. The van der Waals surface area contributed by atoms with Gasteiger partial charge in [-0.05, 0) is 19.3 Å². The second kappa shape index (κ2) is 5.99. The maximum atomic E-state index is 12.3. The monoisotopic (exact) mass is 304 g/mol. The van der Waals surface area contributed by atoms with E-state index < -0.39 is 21.7 Å². The van der Waals surface area contributed by atoms with E-state index in [0.717, 1.165) is 0 Å². The lowest BCUT2D eigenvalue weighted by atomic mass is 9.99. The molecule has 0 spiro atoms. The van der Waals surface area contributed by atoms with Crippen LogP contribution in [0.4, 0.5) is 4.79 Å². The molecule has 0 aromatic rings. The van der Waals surface area contributed by atoms with E-state index in [9.17, 15) is 18.0 Å². The van der Waals surface area contributed by atoms with Gasteiger partial charge >= 0.3 is 12.0 Å². The molecule has 0 aliphatic carbocycles. The SMILES string of the molecule is O=C(O)[C@H]1CCCN(C(=O)N2CCCS(=O)(=O)CC2)C1. The van der Waals surface area contributed by atoms with E-state index in [2.05, 4.69) is 0 Å². The highest BCUT2D eigenvalue weighted by atomic mass is 32.2. The number of aliphatic carboxylic acids is 1. The molecule has 0 aromatic heterocycles. The standard InChI is InChI=1S/C12H20N2O5S/c15-11(16)10-3-1-4-14(9-10)12(17)13-5-2-7-20(18,19)8-6-13/h10H,1-9H2,(H,15,16)/t10-/m0/s1. The fraction of sp³-hybridized carbons (Fsp3) is 0.833. The van der Waals surface area contributed by atoms with Gasteiger partial charge in [0.1, 0.15) is 0 Å². The molecule has 0 saturated carbocycles. The van der Waals surface area contributed by atoms with Gasteiger partial charge in [-0.25, -0.2) is 13.2 Å². The average molecular weight is 304 g/mol. The molecule has 2 aliphatic rings. The van der Waals surface area contributed by atoms with E-state index in [4.69, 9.17) is 5.11 Å². The maximum absolute atomic E-state index is 12.3. The van der Waals surface area contributed by atoms with Gasteiger partial charge in [0.2, 0.25) is 0 Å². The Morgan fingerprint density at radius 3 is 2.40 bits per heavy atom. The number of carboxylic acid groups (broad SMARTS) is 1. The number of piperidine rings is 1. The van der Waals surface area contributed by atoms with Crippen molar-refractivity contribution in [1.29, 1.82) is 0 Å². The van der Waals surface area contributed by atoms with Gasteiger partial charge in [0.15, 0.2) is 9.84 Å². The van der Waals surface area contributed by atoms with Crippen LogP contribution in [0.5, 0.6) is 0 Å². The highest BCUT2D eigenvalue weighted by Gasteiger charge is 2.31. The number of hydrogen-bond donors (Lipinski definition) is 1. The summed E-state index contributed by atoms with van der Waals surface area (Å²) in [5, 5.41) is 9.03. The lowest BCUT2D eigenvalue weighted by Gasteiger charge is -2.34. The first kappa shape index (κ1) is 15.1. The van der Waals surface area contributed by atoms with E-state index in [1.54, 1.807) is 4.90 Å². The van der Waals surface area contributed by atoms with Gasteiger partial charge in [-0.3, -0.25) is 4.79 Å². The molecule has 2 amide bonds. The Morgan fingerprint density at radius 1 is 1.00 bits per heavy atom. The van der Waals surface area contributed by atoms with Gasteiger partial charge in [0, 0.05) is 26.2 Å². The summed E-state index contributed by atoms with van der Waals surface area (Å²) in [6.07, 6.45) is 1.71. The number of nitrogens with zero attached hydrogens (tertiary/aromatic N) is 2. The second-order valence-electron chi connectivity index (χ2n) is 5.40. The number of amides is 2. The number of urea groups is 1. The minimum absolute atomic E-state index is 0.00502. The van der Waals surface area contributed by atoms with Gasteiger partial charge in [-0.15, -0.1) is 0 Å². The van der Waals surface area contributed by atoms with Gasteiger partial charge in [0.25, 0.3) is 0 Å². The molecular formula is C12H20N2O5S. The van der Waals surface area contributed by atoms with Gasteiger partial charge < -0.3 is 14.9 Å². The first-order valence-corrected chi connectivity index (χ1v) is 8.68. The zero-order chi connectivity index (χ0) is 14.8. The third-order valence-electron chi connectivity index (χ3n) is 3.87. The molecular weight excluding hydrogens is 284 g/mol. The number of rotatable bonds is 1. The molecule has 2 aliphatic heterocycles. The summed E-state index contributed by atoms with van der Waals surface area (Å²) in [5.41, 5.74) is 0. The number of carbonyl (C=O) groups excluding carboxylic acids is 1. The largest absolute Gasteiger partial charge is 0.481 e. The van der Waals surface area contributed by atoms with Crippen molar-refractivity contribution in [3.05, 3.63) is 0 Å². The van der Waals surface area contributed by atoms with Crippen LogP contribution in [-0.4, -0.2) is 73.0 Å². The Balaban J connectivity index is 1.98. The summed E-state index contributed by atoms with van der Waals surface area (Å²) in [7, 11) is -3.05. The summed E-state index contributed by atoms with van der Waals surface area (Å²) in [6, 6.07) is -0.229. The third-order valence-corrected chi connectivity index (χ3v) is 5.58. The lowest BCUT2D eigenvalue weighted by Crippen LogP contribution is -2.49. The number of sulfone groups is 1. The fourth-order valence-corrected chi connectivity index (χ4v) is 3.95. The topological polar surface area (TPSA) is 95.0 Å². The van der Waals surface area contributed by atoms with E-state index in [1.165, 1.54) is 4.90 Å². The summed E-state index contributed by atoms with van der Waals surface area (Å²) in [6.45, 7) is 1.39. The average Bonchev–Trinajstić information content (AvgIpc) is 2.59. The molecule has 1 N–H and O–H groups in total. The van der Waals surface area contributed by atoms with Crippen LogP contribution in [0.2, 0.25) is 0 Å². The molecule has 2 heterocycles. The van der Waals surface area contributed by atoms with Crippen LogP contribution >= 0.6 is 0 Å². The first-order valence-electron chi connectivity index (χ1n) is 6.86.